The van der Waals surface area contributed by atoms with Crippen molar-refractivity contribution in [3.05, 3.63) is 83.4 Å². The largest absolute Gasteiger partial charge is 0.293 e. The predicted molar refractivity (Wildman–Crippen MR) is 85.8 cm³/mol. The molecule has 0 aromatic heterocycles. The lowest BCUT2D eigenvalue weighted by Crippen LogP contribution is -2.10. The van der Waals surface area contributed by atoms with Gasteiger partial charge in [0, 0.05) is 11.5 Å². The molecule has 0 spiro atoms. The molecule has 3 aromatic rings. The maximum Gasteiger partial charge on any atom is 0.170 e. The molecular formula is C20H16O. The first-order valence-electron chi connectivity index (χ1n) is 7.44. The highest BCUT2D eigenvalue weighted by atomic mass is 16.1. The zero-order chi connectivity index (χ0) is 14.2. The van der Waals surface area contributed by atoms with Gasteiger partial charge in [0.25, 0.3) is 0 Å². The van der Waals surface area contributed by atoms with E-state index in [1.54, 1.807) is 0 Å². The number of carbonyl (C=O) groups is 1. The number of hydrogen-bond acceptors (Lipinski definition) is 1. The maximum atomic E-state index is 12.9. The lowest BCUT2D eigenvalue weighted by Gasteiger charge is -2.11. The van der Waals surface area contributed by atoms with Crippen LogP contribution in [0.25, 0.3) is 10.8 Å². The van der Waals surface area contributed by atoms with Crippen LogP contribution in [0, 0.1) is 0 Å². The summed E-state index contributed by atoms with van der Waals surface area (Å²) in [6.45, 7) is 0. The Kier molecular flexibility index (Phi) is 2.85. The van der Waals surface area contributed by atoms with Crippen molar-refractivity contribution in [2.24, 2.45) is 0 Å². The van der Waals surface area contributed by atoms with Gasteiger partial charge in [-0.2, -0.15) is 0 Å². The van der Waals surface area contributed by atoms with Crippen LogP contribution in [0.15, 0.2) is 66.7 Å². The molecule has 1 aliphatic rings. The molecule has 0 fully saturated rings. The molecule has 0 amide bonds. The van der Waals surface area contributed by atoms with Crippen LogP contribution in [-0.2, 0) is 6.42 Å². The summed E-state index contributed by atoms with van der Waals surface area (Å²) in [5.74, 6) is 0.285. The summed E-state index contributed by atoms with van der Waals surface area (Å²) in [5, 5.41) is 2.32. The first-order valence-corrected chi connectivity index (χ1v) is 7.44. The third kappa shape index (κ3) is 2.06. The van der Waals surface area contributed by atoms with Crippen LogP contribution in [0.3, 0.4) is 0 Å². The van der Waals surface area contributed by atoms with Gasteiger partial charge in [0.15, 0.2) is 5.78 Å². The third-order valence-corrected chi connectivity index (χ3v) is 4.48. The third-order valence-electron chi connectivity index (χ3n) is 4.48. The molecule has 1 nitrogen and oxygen atoms in total. The van der Waals surface area contributed by atoms with Gasteiger partial charge in [0.05, 0.1) is 0 Å². The number of ketones is 1. The molecule has 0 radical (unpaired) electrons. The summed E-state index contributed by atoms with van der Waals surface area (Å²) in [6, 6.07) is 22.6. The van der Waals surface area contributed by atoms with Gasteiger partial charge in [-0.1, -0.05) is 60.7 Å². The van der Waals surface area contributed by atoms with Crippen molar-refractivity contribution in [3.8, 4) is 0 Å². The number of hydrogen-bond donors (Lipinski definition) is 0. The van der Waals surface area contributed by atoms with Crippen LogP contribution >= 0.6 is 0 Å². The molecule has 102 valence electrons. The van der Waals surface area contributed by atoms with E-state index in [0.29, 0.717) is 0 Å². The molecule has 3 aromatic carbocycles. The Hall–Kier alpha value is -2.41. The number of benzene rings is 3. The molecule has 0 aliphatic heterocycles. The topological polar surface area (TPSA) is 17.1 Å². The van der Waals surface area contributed by atoms with Crippen LogP contribution in [0.4, 0.5) is 0 Å². The fourth-order valence-electron chi connectivity index (χ4n) is 3.37. The van der Waals surface area contributed by atoms with Gasteiger partial charge in [-0.15, -0.1) is 0 Å². The van der Waals surface area contributed by atoms with Crippen molar-refractivity contribution in [1.82, 2.24) is 0 Å². The number of rotatable bonds is 2. The molecule has 0 saturated carbocycles. The molecule has 0 N–H and O–H groups in total. The first kappa shape index (κ1) is 12.3. The van der Waals surface area contributed by atoms with Gasteiger partial charge < -0.3 is 0 Å². The monoisotopic (exact) mass is 272 g/mol. The van der Waals surface area contributed by atoms with E-state index in [4.69, 9.17) is 0 Å². The minimum Gasteiger partial charge on any atom is -0.293 e. The van der Waals surface area contributed by atoms with E-state index < -0.39 is 0 Å². The molecule has 0 bridgehead atoms. The van der Waals surface area contributed by atoms with Crippen LogP contribution in [0.2, 0.25) is 0 Å². The van der Waals surface area contributed by atoms with E-state index >= 15 is 0 Å². The van der Waals surface area contributed by atoms with Crippen LogP contribution < -0.4 is 0 Å². The Balaban J connectivity index is 1.74. The molecule has 21 heavy (non-hydrogen) atoms. The van der Waals surface area contributed by atoms with Gasteiger partial charge in [-0.25, -0.2) is 0 Å². The van der Waals surface area contributed by atoms with Crippen molar-refractivity contribution in [2.45, 2.75) is 18.8 Å². The first-order chi connectivity index (χ1) is 10.3. The molecule has 1 aliphatic carbocycles. The Labute approximate surface area is 124 Å². The van der Waals surface area contributed by atoms with Crippen molar-refractivity contribution >= 4 is 16.6 Å². The van der Waals surface area contributed by atoms with Crippen molar-refractivity contribution in [1.29, 1.82) is 0 Å². The Bertz CT molecular complexity index is 832. The zero-order valence-electron chi connectivity index (χ0n) is 11.8. The second kappa shape index (κ2) is 4.85. The number of Topliss-reactive ketones (excluding diaryl/α,β-unsaturated/α-hetero) is 1. The van der Waals surface area contributed by atoms with E-state index in [1.807, 2.05) is 36.4 Å². The van der Waals surface area contributed by atoms with Crippen LogP contribution in [-0.4, -0.2) is 5.78 Å². The van der Waals surface area contributed by atoms with Crippen molar-refractivity contribution in [2.75, 3.05) is 0 Å². The Morgan fingerprint density at radius 2 is 1.62 bits per heavy atom. The standard InChI is InChI=1S/C20H16O/c21-20(19-12-11-15-6-3-4-8-18(15)19)17-10-9-14-5-1-2-7-16(14)13-17/h1-10,13,19H,11-12H2. The van der Waals surface area contributed by atoms with Gasteiger partial charge in [-0.3, -0.25) is 4.79 Å². The number of carbonyl (C=O) groups excluding carboxylic acids is 1. The van der Waals surface area contributed by atoms with E-state index in [9.17, 15) is 4.79 Å². The smallest absolute Gasteiger partial charge is 0.170 e. The highest BCUT2D eigenvalue weighted by molar-refractivity contribution is 6.04. The fourth-order valence-corrected chi connectivity index (χ4v) is 3.37. The SMILES string of the molecule is O=C(c1ccc2ccccc2c1)C1CCc2ccccc21. The Morgan fingerprint density at radius 3 is 2.52 bits per heavy atom. The van der Waals surface area contributed by atoms with E-state index in [2.05, 4.69) is 30.3 Å². The lowest BCUT2D eigenvalue weighted by molar-refractivity contribution is 0.0959. The zero-order valence-corrected chi connectivity index (χ0v) is 11.8. The normalized spacial score (nSPS) is 16.9. The second-order valence-corrected chi connectivity index (χ2v) is 5.72. The minimum absolute atomic E-state index is 0.0300. The maximum absolute atomic E-state index is 12.9. The summed E-state index contributed by atoms with van der Waals surface area (Å²) >= 11 is 0. The average Bonchev–Trinajstić information content (AvgIpc) is 2.98. The number of aryl methyl sites for hydroxylation is 1. The summed E-state index contributed by atoms with van der Waals surface area (Å²) in [5.41, 5.74) is 3.38. The van der Waals surface area contributed by atoms with E-state index in [1.165, 1.54) is 16.5 Å². The molecule has 1 heteroatoms. The van der Waals surface area contributed by atoms with Gasteiger partial charge in [0.1, 0.15) is 0 Å². The van der Waals surface area contributed by atoms with Crippen LogP contribution in [0.1, 0.15) is 33.8 Å². The Morgan fingerprint density at radius 1 is 0.857 bits per heavy atom. The fraction of sp³-hybridized carbons (Fsp3) is 0.150. The molecule has 0 heterocycles. The van der Waals surface area contributed by atoms with Crippen molar-refractivity contribution in [3.63, 3.8) is 0 Å². The molecule has 4 rings (SSSR count). The molecule has 0 saturated heterocycles. The summed E-state index contributed by atoms with van der Waals surface area (Å²) in [7, 11) is 0. The number of fused-ring (bicyclic) bond motifs is 2. The molecule has 1 unspecified atom stereocenters. The van der Waals surface area contributed by atoms with Gasteiger partial charge >= 0.3 is 0 Å². The van der Waals surface area contributed by atoms with E-state index in [0.717, 1.165) is 23.8 Å². The second-order valence-electron chi connectivity index (χ2n) is 5.72. The highest BCUT2D eigenvalue weighted by Crippen LogP contribution is 2.35. The predicted octanol–water partition coefficient (Wildman–Crippen LogP) is 4.75. The van der Waals surface area contributed by atoms with Gasteiger partial charge in [-0.05, 0) is 40.8 Å². The highest BCUT2D eigenvalue weighted by Gasteiger charge is 2.28. The van der Waals surface area contributed by atoms with Crippen LogP contribution in [0.5, 0.6) is 0 Å². The van der Waals surface area contributed by atoms with Gasteiger partial charge in [0.2, 0.25) is 0 Å². The summed E-state index contributed by atoms with van der Waals surface area (Å²) < 4.78 is 0. The lowest BCUT2D eigenvalue weighted by atomic mass is 9.91. The summed E-state index contributed by atoms with van der Waals surface area (Å²) in [4.78, 5) is 12.9. The van der Waals surface area contributed by atoms with E-state index in [-0.39, 0.29) is 11.7 Å². The minimum atomic E-state index is 0.0300. The average molecular weight is 272 g/mol. The molecule has 1 atom stereocenters. The van der Waals surface area contributed by atoms with Crippen molar-refractivity contribution < 1.29 is 4.79 Å². The quantitative estimate of drug-likeness (QED) is 0.615. The summed E-state index contributed by atoms with van der Waals surface area (Å²) in [6.07, 6.45) is 1.95. The molecular weight excluding hydrogens is 256 g/mol.